The summed E-state index contributed by atoms with van der Waals surface area (Å²) in [4.78, 5) is 23.2. The van der Waals surface area contributed by atoms with Crippen molar-refractivity contribution in [2.75, 3.05) is 18.2 Å². The van der Waals surface area contributed by atoms with Crippen molar-refractivity contribution in [3.8, 4) is 28.6 Å². The minimum absolute atomic E-state index is 0.00595. The number of hydrogen-bond acceptors (Lipinski definition) is 8. The third kappa shape index (κ3) is 5.41. The van der Waals surface area contributed by atoms with Gasteiger partial charge in [-0.2, -0.15) is 0 Å². The van der Waals surface area contributed by atoms with E-state index in [-0.39, 0.29) is 23.1 Å². The lowest BCUT2D eigenvalue weighted by Gasteiger charge is -2.12. The standard InChI is InChI=1S/C24H21N5O5S/c1-15-3-6-18(29(32)33)13-21(15)25-22(31)14-35-24-27-26-23(16-4-9-19(30)10-5-16)28(24)17-7-11-20(34-2)12-8-17/h3-13,30H,14H2,1-2H3,(H,25,31). The Kier molecular flexibility index (Phi) is 6.97. The zero-order valence-electron chi connectivity index (χ0n) is 18.8. The van der Waals surface area contributed by atoms with Gasteiger partial charge in [0.25, 0.3) is 5.69 Å². The van der Waals surface area contributed by atoms with E-state index in [1.165, 1.54) is 23.9 Å². The van der Waals surface area contributed by atoms with Crippen molar-refractivity contribution >= 4 is 29.0 Å². The van der Waals surface area contributed by atoms with Crippen LogP contribution in [0.3, 0.4) is 0 Å². The van der Waals surface area contributed by atoms with Gasteiger partial charge in [0, 0.05) is 23.4 Å². The number of rotatable bonds is 8. The van der Waals surface area contributed by atoms with Crippen molar-refractivity contribution in [2.45, 2.75) is 12.1 Å². The number of nitro groups is 1. The van der Waals surface area contributed by atoms with Crippen LogP contribution in [0.2, 0.25) is 0 Å². The highest BCUT2D eigenvalue weighted by Crippen LogP contribution is 2.30. The number of aryl methyl sites for hydroxylation is 1. The Hall–Kier alpha value is -4.38. The molecule has 3 aromatic carbocycles. The van der Waals surface area contributed by atoms with Crippen LogP contribution < -0.4 is 10.1 Å². The van der Waals surface area contributed by atoms with E-state index >= 15 is 0 Å². The third-order valence-electron chi connectivity index (χ3n) is 5.13. The van der Waals surface area contributed by atoms with E-state index in [2.05, 4.69) is 15.5 Å². The Bertz CT molecular complexity index is 1370. The van der Waals surface area contributed by atoms with Crippen LogP contribution in [0.25, 0.3) is 17.1 Å². The van der Waals surface area contributed by atoms with Gasteiger partial charge in [-0.15, -0.1) is 10.2 Å². The fraction of sp³-hybridized carbons (Fsp3) is 0.125. The van der Waals surface area contributed by atoms with Crippen molar-refractivity contribution in [1.29, 1.82) is 0 Å². The molecule has 2 N–H and O–H groups in total. The summed E-state index contributed by atoms with van der Waals surface area (Å²) in [6.45, 7) is 1.76. The highest BCUT2D eigenvalue weighted by Gasteiger charge is 2.18. The summed E-state index contributed by atoms with van der Waals surface area (Å²) in [5.41, 5.74) is 2.48. The van der Waals surface area contributed by atoms with Crippen molar-refractivity contribution in [2.24, 2.45) is 0 Å². The van der Waals surface area contributed by atoms with Gasteiger partial charge in [0.05, 0.1) is 23.5 Å². The lowest BCUT2D eigenvalue weighted by Crippen LogP contribution is -2.15. The average molecular weight is 492 g/mol. The van der Waals surface area contributed by atoms with Crippen molar-refractivity contribution in [3.63, 3.8) is 0 Å². The molecule has 10 nitrogen and oxygen atoms in total. The number of nitrogens with zero attached hydrogens (tertiary/aromatic N) is 4. The van der Waals surface area contributed by atoms with Crippen molar-refractivity contribution in [3.05, 3.63) is 82.4 Å². The molecule has 11 heteroatoms. The van der Waals surface area contributed by atoms with Gasteiger partial charge in [-0.3, -0.25) is 19.5 Å². The Morgan fingerprint density at radius 3 is 2.49 bits per heavy atom. The summed E-state index contributed by atoms with van der Waals surface area (Å²) in [7, 11) is 1.58. The fourth-order valence-electron chi connectivity index (χ4n) is 3.30. The van der Waals surface area contributed by atoms with E-state index < -0.39 is 4.92 Å². The SMILES string of the molecule is COc1ccc(-n2c(SCC(=O)Nc3cc([N+](=O)[O-])ccc3C)nnc2-c2ccc(O)cc2)cc1. The predicted molar refractivity (Wildman–Crippen MR) is 132 cm³/mol. The number of methoxy groups -OCH3 is 1. The second kappa shape index (κ2) is 10.3. The molecule has 0 atom stereocenters. The highest BCUT2D eigenvalue weighted by molar-refractivity contribution is 7.99. The molecule has 178 valence electrons. The number of phenols is 1. The van der Waals surface area contributed by atoms with Crippen molar-refractivity contribution < 1.29 is 19.6 Å². The molecule has 0 aliphatic heterocycles. The smallest absolute Gasteiger partial charge is 0.271 e. The zero-order valence-corrected chi connectivity index (χ0v) is 19.7. The van der Waals surface area contributed by atoms with Crippen LogP contribution in [0.5, 0.6) is 11.5 Å². The van der Waals surface area contributed by atoms with Crippen LogP contribution in [0.4, 0.5) is 11.4 Å². The first-order valence-corrected chi connectivity index (χ1v) is 11.4. The molecular weight excluding hydrogens is 470 g/mol. The number of non-ortho nitro benzene ring substituents is 1. The normalized spacial score (nSPS) is 10.7. The summed E-state index contributed by atoms with van der Waals surface area (Å²) in [6, 6.07) is 18.2. The van der Waals surface area contributed by atoms with Crippen LogP contribution in [0.1, 0.15) is 5.56 Å². The number of thioether (sulfide) groups is 1. The Labute approximate surface area is 204 Å². The molecule has 0 saturated carbocycles. The van der Waals surface area contributed by atoms with Crippen LogP contribution in [0, 0.1) is 17.0 Å². The summed E-state index contributed by atoms with van der Waals surface area (Å²) < 4.78 is 7.05. The van der Waals surface area contributed by atoms with E-state index in [1.807, 2.05) is 28.8 Å². The molecule has 0 fully saturated rings. The van der Waals surface area contributed by atoms with Crippen LogP contribution in [-0.4, -0.2) is 43.6 Å². The number of ether oxygens (including phenoxy) is 1. The lowest BCUT2D eigenvalue weighted by atomic mass is 10.2. The molecule has 0 aliphatic rings. The second-order valence-electron chi connectivity index (χ2n) is 7.48. The molecule has 35 heavy (non-hydrogen) atoms. The molecule has 1 amide bonds. The van der Waals surface area contributed by atoms with E-state index in [0.29, 0.717) is 28.0 Å². The van der Waals surface area contributed by atoms with Gasteiger partial charge in [-0.05, 0) is 61.0 Å². The number of amides is 1. The minimum atomic E-state index is -0.508. The van der Waals surface area contributed by atoms with Gasteiger partial charge in [0.15, 0.2) is 11.0 Å². The Morgan fingerprint density at radius 2 is 1.83 bits per heavy atom. The molecule has 0 bridgehead atoms. The molecule has 4 rings (SSSR count). The number of benzene rings is 3. The Balaban J connectivity index is 1.60. The maximum atomic E-state index is 12.7. The first-order chi connectivity index (χ1) is 16.9. The van der Waals surface area contributed by atoms with Crippen LogP contribution >= 0.6 is 11.8 Å². The molecule has 0 saturated heterocycles. The van der Waals surface area contributed by atoms with Gasteiger partial charge in [0.2, 0.25) is 5.91 Å². The minimum Gasteiger partial charge on any atom is -0.508 e. The van der Waals surface area contributed by atoms with E-state index in [4.69, 9.17) is 4.74 Å². The van der Waals surface area contributed by atoms with E-state index in [9.17, 15) is 20.0 Å². The summed E-state index contributed by atoms with van der Waals surface area (Å²) in [5.74, 6) is 1.02. The van der Waals surface area contributed by atoms with Crippen LogP contribution in [0.15, 0.2) is 71.9 Å². The molecule has 0 spiro atoms. The summed E-state index contributed by atoms with van der Waals surface area (Å²) in [5, 5.41) is 32.5. The number of carbonyl (C=O) groups excluding carboxylic acids is 1. The number of hydrogen-bond donors (Lipinski definition) is 2. The molecule has 0 radical (unpaired) electrons. The monoisotopic (exact) mass is 491 g/mol. The lowest BCUT2D eigenvalue weighted by molar-refractivity contribution is -0.384. The maximum Gasteiger partial charge on any atom is 0.271 e. The zero-order chi connectivity index (χ0) is 24.9. The molecule has 0 aliphatic carbocycles. The summed E-state index contributed by atoms with van der Waals surface area (Å²) >= 11 is 1.18. The van der Waals surface area contributed by atoms with Gasteiger partial charge < -0.3 is 15.2 Å². The van der Waals surface area contributed by atoms with E-state index in [0.717, 1.165) is 11.3 Å². The Morgan fingerprint density at radius 1 is 1.11 bits per heavy atom. The third-order valence-corrected chi connectivity index (χ3v) is 6.06. The molecular formula is C24H21N5O5S. The number of phenolic OH excluding ortho intramolecular Hbond substituents is 1. The topological polar surface area (TPSA) is 132 Å². The predicted octanol–water partition coefficient (Wildman–Crippen LogP) is 4.60. The number of anilines is 1. The number of carbonyl (C=O) groups is 1. The highest BCUT2D eigenvalue weighted by atomic mass is 32.2. The van der Waals surface area contributed by atoms with Gasteiger partial charge in [-0.25, -0.2) is 0 Å². The van der Waals surface area contributed by atoms with E-state index in [1.54, 1.807) is 44.4 Å². The molecule has 1 aromatic heterocycles. The van der Waals surface area contributed by atoms with Gasteiger partial charge >= 0.3 is 0 Å². The van der Waals surface area contributed by atoms with Crippen molar-refractivity contribution in [1.82, 2.24) is 14.8 Å². The summed E-state index contributed by atoms with van der Waals surface area (Å²) in [6.07, 6.45) is 0. The van der Waals surface area contributed by atoms with Gasteiger partial charge in [-0.1, -0.05) is 17.8 Å². The molecule has 0 unspecified atom stereocenters. The fourth-order valence-corrected chi connectivity index (χ4v) is 4.05. The molecule has 4 aromatic rings. The first-order valence-electron chi connectivity index (χ1n) is 10.4. The second-order valence-corrected chi connectivity index (χ2v) is 8.42. The first kappa shape index (κ1) is 23.8. The number of nitro benzene ring substituents is 1. The molecule has 1 heterocycles. The average Bonchev–Trinajstić information content (AvgIpc) is 3.28. The number of nitrogens with one attached hydrogen (secondary N) is 1. The number of aromatic nitrogens is 3. The number of aromatic hydroxyl groups is 1. The van der Waals surface area contributed by atoms with Gasteiger partial charge in [0.1, 0.15) is 11.5 Å². The quantitative estimate of drug-likeness (QED) is 0.208. The largest absolute Gasteiger partial charge is 0.508 e. The maximum absolute atomic E-state index is 12.7. The van der Waals surface area contributed by atoms with Crippen LogP contribution in [-0.2, 0) is 4.79 Å².